The Morgan fingerprint density at radius 2 is 0.871 bits per heavy atom. The minimum absolute atomic E-state index is 0.0468. The second-order valence-electron chi connectivity index (χ2n) is 13.9. The third-order valence-corrected chi connectivity index (χ3v) is 21.6. The van der Waals surface area contributed by atoms with Gasteiger partial charge in [-0.2, -0.15) is 0 Å². The molecule has 0 saturated heterocycles. The van der Waals surface area contributed by atoms with Gasteiger partial charge in [-0.1, -0.05) is 74.5 Å². The molecule has 0 aliphatic heterocycles. The smallest absolute Gasteiger partial charge is 0.193 e. The topological polar surface area (TPSA) is 47.9 Å². The average molecular weight is 489 g/mol. The molecule has 0 saturated carbocycles. The molecule has 4 atom stereocenters. The van der Waals surface area contributed by atoms with Crippen LogP contribution in [0.3, 0.4) is 0 Å². The molecule has 0 heterocycles. The molecule has 0 aromatic heterocycles. The van der Waals surface area contributed by atoms with Gasteiger partial charge in [-0.15, -0.1) is 0 Å². The molecule has 1 aliphatic rings. The van der Waals surface area contributed by atoms with Gasteiger partial charge in [0.2, 0.25) is 0 Å². The first-order valence-corrected chi connectivity index (χ1v) is 20.6. The summed E-state index contributed by atoms with van der Waals surface area (Å²) >= 11 is 0. The van der Waals surface area contributed by atoms with Crippen LogP contribution in [0.25, 0.3) is 0 Å². The van der Waals surface area contributed by atoms with Crippen LogP contribution in [0.4, 0.5) is 0 Å². The first-order chi connectivity index (χ1) is 13.4. The zero-order chi connectivity index (χ0) is 24.8. The van der Waals surface area contributed by atoms with Crippen molar-refractivity contribution < 1.29 is 18.4 Å². The molecule has 0 aromatic carbocycles. The van der Waals surface area contributed by atoms with Crippen molar-refractivity contribution in [2.45, 2.75) is 141 Å². The Hall–Kier alpha value is 0.231. The molecule has 31 heavy (non-hydrogen) atoms. The van der Waals surface area contributed by atoms with Gasteiger partial charge in [0.05, 0.1) is 12.2 Å². The van der Waals surface area contributed by atoms with Crippen LogP contribution in [0.1, 0.15) is 62.3 Å². The molecule has 1 rings (SSSR count). The van der Waals surface area contributed by atoms with E-state index < -0.39 is 37.2 Å². The molecule has 0 aromatic rings. The van der Waals surface area contributed by atoms with Crippen LogP contribution < -0.4 is 0 Å². The Labute approximate surface area is 196 Å². The molecular weight excluding hydrogens is 437 g/mol. The summed E-state index contributed by atoms with van der Waals surface area (Å²) in [5, 5.41) is 11.2. The van der Waals surface area contributed by atoms with Crippen LogP contribution in [0.5, 0.6) is 0 Å². The van der Waals surface area contributed by atoms with Crippen molar-refractivity contribution in [2.75, 3.05) is 0 Å². The van der Waals surface area contributed by atoms with Crippen molar-refractivity contribution >= 4 is 25.0 Å². The second-order valence-corrected chi connectivity index (χ2v) is 28.2. The second kappa shape index (κ2) is 9.12. The van der Waals surface area contributed by atoms with E-state index in [-0.39, 0.29) is 27.3 Å². The lowest BCUT2D eigenvalue weighted by Crippen LogP contribution is -2.61. The SMILES string of the molecule is CC(C)(C)[Si](C)(C)O[C@@H]1[C@@H](O[Si](C)(C)C(C)(C)C)[C@H](O[Si](C)(C)C(C)(C)C)C=C[C@@H]1O. The molecule has 7 heteroatoms. The lowest BCUT2D eigenvalue weighted by atomic mass is 9.96. The normalized spacial score (nSPS) is 27.0. The van der Waals surface area contributed by atoms with Crippen LogP contribution in [0.2, 0.25) is 54.4 Å². The van der Waals surface area contributed by atoms with Crippen LogP contribution in [-0.4, -0.2) is 54.5 Å². The van der Waals surface area contributed by atoms with Crippen molar-refractivity contribution in [3.8, 4) is 0 Å². The molecule has 1 N–H and O–H groups in total. The van der Waals surface area contributed by atoms with E-state index in [1.165, 1.54) is 0 Å². The summed E-state index contributed by atoms with van der Waals surface area (Å²) in [6.45, 7) is 33.8. The van der Waals surface area contributed by atoms with Gasteiger partial charge in [-0.05, 0) is 54.4 Å². The van der Waals surface area contributed by atoms with Crippen LogP contribution >= 0.6 is 0 Å². The molecular formula is C24H52O4Si3. The molecule has 0 bridgehead atoms. The van der Waals surface area contributed by atoms with Crippen molar-refractivity contribution in [3.63, 3.8) is 0 Å². The van der Waals surface area contributed by atoms with Gasteiger partial charge in [0.25, 0.3) is 0 Å². The summed E-state index contributed by atoms with van der Waals surface area (Å²) in [5.74, 6) is 0. The first-order valence-electron chi connectivity index (χ1n) is 11.8. The maximum atomic E-state index is 11.0. The minimum Gasteiger partial charge on any atom is -0.408 e. The van der Waals surface area contributed by atoms with Crippen LogP contribution in [0.15, 0.2) is 12.2 Å². The summed E-state index contributed by atoms with van der Waals surface area (Å²) < 4.78 is 20.7. The molecule has 1 aliphatic carbocycles. The molecule has 0 unspecified atom stereocenters. The molecule has 0 spiro atoms. The Morgan fingerprint density at radius 3 is 1.23 bits per heavy atom. The number of rotatable bonds is 6. The molecule has 0 radical (unpaired) electrons. The van der Waals surface area contributed by atoms with E-state index in [9.17, 15) is 5.11 Å². The molecule has 0 amide bonds. The van der Waals surface area contributed by atoms with Crippen molar-refractivity contribution in [2.24, 2.45) is 0 Å². The van der Waals surface area contributed by atoms with Gasteiger partial charge in [0, 0.05) is 0 Å². The van der Waals surface area contributed by atoms with E-state index in [0.29, 0.717) is 0 Å². The predicted molar refractivity (Wildman–Crippen MR) is 141 cm³/mol. The maximum absolute atomic E-state index is 11.0. The number of hydrogen-bond acceptors (Lipinski definition) is 4. The first kappa shape index (κ1) is 29.3. The Balaban J connectivity index is 3.44. The van der Waals surface area contributed by atoms with Crippen LogP contribution in [0, 0.1) is 0 Å². The molecule has 184 valence electrons. The standard InChI is InChI=1S/C24H52O4Si3/c1-22(2,3)29(10,11)26-19-17-16-18(25)20(27-30(12,13)23(4,5)6)21(19)28-31(14,15)24(7,8)9/h16-21,25H,1-15H3/t18-,19+,20-,21-/m0/s1. The van der Waals surface area contributed by atoms with Crippen molar-refractivity contribution in [3.05, 3.63) is 12.2 Å². The Kier molecular flexibility index (Phi) is 8.61. The van der Waals surface area contributed by atoms with E-state index in [4.69, 9.17) is 13.3 Å². The quantitative estimate of drug-likeness (QED) is 0.320. The Morgan fingerprint density at radius 1 is 0.548 bits per heavy atom. The fraction of sp³-hybridized carbons (Fsp3) is 0.917. The predicted octanol–water partition coefficient (Wildman–Crippen LogP) is 7.09. The highest BCUT2D eigenvalue weighted by molar-refractivity contribution is 6.75. The molecule has 0 fully saturated rings. The van der Waals surface area contributed by atoms with Gasteiger partial charge in [-0.25, -0.2) is 0 Å². The maximum Gasteiger partial charge on any atom is 0.193 e. The summed E-state index contributed by atoms with van der Waals surface area (Å²) in [6.07, 6.45) is 2.24. The third-order valence-electron chi connectivity index (χ3n) is 8.19. The van der Waals surface area contributed by atoms with Crippen molar-refractivity contribution in [1.29, 1.82) is 0 Å². The van der Waals surface area contributed by atoms with E-state index in [0.717, 1.165) is 0 Å². The van der Waals surface area contributed by atoms with E-state index >= 15 is 0 Å². The number of aliphatic hydroxyl groups is 1. The van der Waals surface area contributed by atoms with Gasteiger partial charge in [-0.3, -0.25) is 0 Å². The van der Waals surface area contributed by atoms with Crippen molar-refractivity contribution in [1.82, 2.24) is 0 Å². The lowest BCUT2D eigenvalue weighted by Gasteiger charge is -2.50. The zero-order valence-corrected chi connectivity index (χ0v) is 26.1. The highest BCUT2D eigenvalue weighted by Crippen LogP contribution is 2.44. The van der Waals surface area contributed by atoms with E-state index in [2.05, 4.69) is 102 Å². The average Bonchev–Trinajstić information content (AvgIpc) is 2.49. The monoisotopic (exact) mass is 488 g/mol. The summed E-state index contributed by atoms with van der Waals surface area (Å²) in [6, 6.07) is 0. The van der Waals surface area contributed by atoms with Gasteiger partial charge >= 0.3 is 0 Å². The van der Waals surface area contributed by atoms with Gasteiger partial charge in [0.1, 0.15) is 12.2 Å². The summed E-state index contributed by atoms with van der Waals surface area (Å²) in [7, 11) is -6.29. The molecule has 4 nitrogen and oxygen atoms in total. The fourth-order valence-corrected chi connectivity index (χ4v) is 6.61. The zero-order valence-electron chi connectivity index (χ0n) is 23.1. The minimum atomic E-state index is -2.12. The summed E-state index contributed by atoms with van der Waals surface area (Å²) in [5.41, 5.74) is 0. The van der Waals surface area contributed by atoms with Gasteiger partial charge < -0.3 is 18.4 Å². The summed E-state index contributed by atoms with van der Waals surface area (Å²) in [4.78, 5) is 0. The highest BCUT2D eigenvalue weighted by atomic mass is 28.4. The number of hydrogen-bond donors (Lipinski definition) is 1. The highest BCUT2D eigenvalue weighted by Gasteiger charge is 2.51. The fourth-order valence-electron chi connectivity index (χ4n) is 2.75. The van der Waals surface area contributed by atoms with E-state index in [1.807, 2.05) is 12.2 Å². The third kappa shape index (κ3) is 6.87. The largest absolute Gasteiger partial charge is 0.408 e. The van der Waals surface area contributed by atoms with E-state index in [1.54, 1.807) is 0 Å². The van der Waals surface area contributed by atoms with Crippen LogP contribution in [-0.2, 0) is 13.3 Å². The Bertz CT molecular complexity index is 637. The van der Waals surface area contributed by atoms with Gasteiger partial charge in [0.15, 0.2) is 25.0 Å². The number of aliphatic hydroxyl groups excluding tert-OH is 1. The lowest BCUT2D eigenvalue weighted by molar-refractivity contribution is -0.0717.